The van der Waals surface area contributed by atoms with Crippen molar-refractivity contribution < 1.29 is 4.79 Å². The molecule has 1 N–H and O–H groups in total. The maximum Gasteiger partial charge on any atom is 0.229 e. The van der Waals surface area contributed by atoms with Gasteiger partial charge in [-0.2, -0.15) is 0 Å². The average Bonchev–Trinajstić information content (AvgIpc) is 3.12. The minimum Gasteiger partial charge on any atom is -0.346 e. The Morgan fingerprint density at radius 3 is 2.91 bits per heavy atom. The van der Waals surface area contributed by atoms with Gasteiger partial charge in [0.25, 0.3) is 0 Å². The molecule has 1 aromatic heterocycles. The van der Waals surface area contributed by atoms with Gasteiger partial charge in [-0.25, -0.2) is 4.98 Å². The molecule has 1 saturated carbocycles. The summed E-state index contributed by atoms with van der Waals surface area (Å²) in [4.78, 5) is 18.6. The molecule has 0 radical (unpaired) electrons. The third-order valence-corrected chi connectivity index (χ3v) is 6.54. The fourth-order valence-electron chi connectivity index (χ4n) is 2.96. The van der Waals surface area contributed by atoms with Crippen LogP contribution in [-0.4, -0.2) is 16.6 Å². The lowest BCUT2D eigenvalue weighted by molar-refractivity contribution is -0.123. The summed E-state index contributed by atoms with van der Waals surface area (Å²) >= 11 is 3.45. The number of hydrogen-bond donors (Lipinski definition) is 1. The molecule has 1 aliphatic carbocycles. The number of nitrogens with zero attached hydrogens (tertiary/aromatic N) is 1. The monoisotopic (exact) mass is 330 g/mol. The minimum atomic E-state index is -0.0245. The van der Waals surface area contributed by atoms with E-state index in [1.165, 1.54) is 23.3 Å². The average molecular weight is 330 g/mol. The van der Waals surface area contributed by atoms with Gasteiger partial charge in [0.15, 0.2) is 0 Å². The van der Waals surface area contributed by atoms with Crippen LogP contribution in [0.4, 0.5) is 0 Å². The van der Waals surface area contributed by atoms with Gasteiger partial charge in [-0.1, -0.05) is 18.2 Å². The van der Waals surface area contributed by atoms with Gasteiger partial charge in [0.1, 0.15) is 5.01 Å². The summed E-state index contributed by atoms with van der Waals surface area (Å²) in [6, 6.07) is 8.35. The molecule has 1 fully saturated rings. The van der Waals surface area contributed by atoms with Gasteiger partial charge in [-0.15, -0.1) is 23.1 Å². The summed E-state index contributed by atoms with van der Waals surface area (Å²) < 4.78 is 0. The molecule has 2 heterocycles. The van der Waals surface area contributed by atoms with Crippen molar-refractivity contribution in [3.63, 3.8) is 0 Å². The van der Waals surface area contributed by atoms with Crippen LogP contribution in [0.5, 0.6) is 0 Å². The summed E-state index contributed by atoms with van der Waals surface area (Å²) in [6.45, 7) is 2.01. The third kappa shape index (κ3) is 2.68. The Hall–Kier alpha value is -1.33. The van der Waals surface area contributed by atoms with Crippen LogP contribution in [0.15, 0.2) is 34.5 Å². The van der Waals surface area contributed by atoms with Gasteiger partial charge >= 0.3 is 0 Å². The molecule has 114 valence electrons. The molecule has 2 atom stereocenters. The van der Waals surface area contributed by atoms with E-state index in [0.717, 1.165) is 16.5 Å². The van der Waals surface area contributed by atoms with Gasteiger partial charge < -0.3 is 5.32 Å². The van der Waals surface area contributed by atoms with E-state index in [0.29, 0.717) is 5.92 Å². The number of rotatable bonds is 4. The molecule has 0 saturated heterocycles. The van der Waals surface area contributed by atoms with Crippen molar-refractivity contribution in [3.05, 3.63) is 45.9 Å². The van der Waals surface area contributed by atoms with Crippen LogP contribution in [0.25, 0.3) is 0 Å². The van der Waals surface area contributed by atoms with Crippen molar-refractivity contribution >= 4 is 29.0 Å². The SMILES string of the molecule is Cc1csc([C@@H](NC(=O)[C@H]2CSc3ccccc32)C2CC2)n1. The molecule has 0 spiro atoms. The van der Waals surface area contributed by atoms with Crippen molar-refractivity contribution in [3.8, 4) is 0 Å². The third-order valence-electron chi connectivity index (χ3n) is 4.31. The standard InChI is InChI=1S/C17H18N2OS2/c1-10-8-22-17(18-10)15(11-6-7-11)19-16(20)13-9-21-14-5-3-2-4-12(13)14/h2-5,8,11,13,15H,6-7,9H2,1H3,(H,19,20)/t13-,15-/m0/s1. The van der Waals surface area contributed by atoms with Crippen molar-refractivity contribution in [2.24, 2.45) is 5.92 Å². The molecule has 4 rings (SSSR count). The first-order valence-electron chi connectivity index (χ1n) is 7.66. The Balaban J connectivity index is 1.53. The molecular formula is C17H18N2OS2. The number of thiazole rings is 1. The first-order chi connectivity index (χ1) is 10.7. The molecule has 1 amide bonds. The molecule has 5 heteroatoms. The van der Waals surface area contributed by atoms with Crippen LogP contribution < -0.4 is 5.32 Å². The highest BCUT2D eigenvalue weighted by molar-refractivity contribution is 7.99. The second-order valence-electron chi connectivity index (χ2n) is 6.05. The molecule has 22 heavy (non-hydrogen) atoms. The summed E-state index contributed by atoms with van der Waals surface area (Å²) in [5.41, 5.74) is 2.22. The van der Waals surface area contributed by atoms with Crippen LogP contribution >= 0.6 is 23.1 Å². The van der Waals surface area contributed by atoms with Crippen LogP contribution in [0, 0.1) is 12.8 Å². The van der Waals surface area contributed by atoms with Crippen molar-refractivity contribution in [1.82, 2.24) is 10.3 Å². The highest BCUT2D eigenvalue weighted by atomic mass is 32.2. The highest BCUT2D eigenvalue weighted by Crippen LogP contribution is 2.44. The molecule has 0 unspecified atom stereocenters. The fourth-order valence-corrected chi connectivity index (χ4v) is 5.13. The Bertz CT molecular complexity index is 708. The lowest BCUT2D eigenvalue weighted by Crippen LogP contribution is -2.34. The molecule has 1 aromatic carbocycles. The normalized spacial score (nSPS) is 21.4. The van der Waals surface area contributed by atoms with Crippen molar-refractivity contribution in [1.29, 1.82) is 0 Å². The Labute approximate surface area is 138 Å². The second kappa shape index (κ2) is 5.70. The number of nitrogens with one attached hydrogen (secondary N) is 1. The Morgan fingerprint density at radius 1 is 1.36 bits per heavy atom. The number of aromatic nitrogens is 1. The predicted octanol–water partition coefficient (Wildman–Crippen LogP) is 3.91. The summed E-state index contributed by atoms with van der Waals surface area (Å²) in [7, 11) is 0. The first-order valence-corrected chi connectivity index (χ1v) is 9.53. The zero-order valence-electron chi connectivity index (χ0n) is 12.4. The van der Waals surface area contributed by atoms with Crippen LogP contribution in [0.1, 0.15) is 41.1 Å². The van der Waals surface area contributed by atoms with Gasteiger partial charge in [0, 0.05) is 21.7 Å². The van der Waals surface area contributed by atoms with E-state index in [1.807, 2.05) is 19.1 Å². The van der Waals surface area contributed by atoms with E-state index in [-0.39, 0.29) is 17.9 Å². The molecule has 2 aromatic rings. The number of carbonyl (C=O) groups is 1. The second-order valence-corrected chi connectivity index (χ2v) is 8.00. The number of fused-ring (bicyclic) bond motifs is 1. The fraction of sp³-hybridized carbons (Fsp3) is 0.412. The maximum atomic E-state index is 12.8. The van der Waals surface area contributed by atoms with Crippen LogP contribution in [0.2, 0.25) is 0 Å². The number of thioether (sulfide) groups is 1. The number of benzene rings is 1. The quantitative estimate of drug-likeness (QED) is 0.924. The zero-order valence-corrected chi connectivity index (χ0v) is 14.0. The van der Waals surface area contributed by atoms with Gasteiger partial charge in [-0.3, -0.25) is 4.79 Å². The number of hydrogen-bond acceptors (Lipinski definition) is 4. The number of carbonyl (C=O) groups excluding carboxylic acids is 1. The molecule has 3 nitrogen and oxygen atoms in total. The first kappa shape index (κ1) is 14.3. The Kier molecular flexibility index (Phi) is 3.70. The molecular weight excluding hydrogens is 312 g/mol. The minimum absolute atomic E-state index is 0.0245. The summed E-state index contributed by atoms with van der Waals surface area (Å²) in [5, 5.41) is 6.42. The van der Waals surface area contributed by atoms with Gasteiger partial charge in [0.05, 0.1) is 12.0 Å². The smallest absolute Gasteiger partial charge is 0.229 e. The van der Waals surface area contributed by atoms with E-state index in [2.05, 4.69) is 27.8 Å². The van der Waals surface area contributed by atoms with Crippen LogP contribution in [-0.2, 0) is 4.79 Å². The van der Waals surface area contributed by atoms with E-state index >= 15 is 0 Å². The van der Waals surface area contributed by atoms with Crippen LogP contribution in [0.3, 0.4) is 0 Å². The van der Waals surface area contributed by atoms with Gasteiger partial charge in [0.2, 0.25) is 5.91 Å². The predicted molar refractivity (Wildman–Crippen MR) is 90.4 cm³/mol. The lowest BCUT2D eigenvalue weighted by atomic mass is 10.00. The van der Waals surface area contributed by atoms with E-state index < -0.39 is 0 Å². The molecule has 1 aliphatic heterocycles. The van der Waals surface area contributed by atoms with E-state index in [4.69, 9.17) is 0 Å². The van der Waals surface area contributed by atoms with Crippen molar-refractivity contribution in [2.75, 3.05) is 5.75 Å². The highest BCUT2D eigenvalue weighted by Gasteiger charge is 2.37. The number of amides is 1. The van der Waals surface area contributed by atoms with Crippen molar-refractivity contribution in [2.45, 2.75) is 36.6 Å². The lowest BCUT2D eigenvalue weighted by Gasteiger charge is -2.19. The zero-order chi connectivity index (χ0) is 15.1. The summed E-state index contributed by atoms with van der Waals surface area (Å²) in [6.07, 6.45) is 2.39. The largest absolute Gasteiger partial charge is 0.346 e. The topological polar surface area (TPSA) is 42.0 Å². The van der Waals surface area contributed by atoms with E-state index in [9.17, 15) is 4.79 Å². The van der Waals surface area contributed by atoms with E-state index in [1.54, 1.807) is 23.1 Å². The summed E-state index contributed by atoms with van der Waals surface area (Å²) in [5.74, 6) is 1.55. The van der Waals surface area contributed by atoms with Gasteiger partial charge in [-0.05, 0) is 37.3 Å². The number of aryl methyl sites for hydroxylation is 1. The molecule has 0 bridgehead atoms. The Morgan fingerprint density at radius 2 is 2.18 bits per heavy atom. The maximum absolute atomic E-state index is 12.8. The molecule has 2 aliphatic rings.